The highest BCUT2D eigenvalue weighted by Crippen LogP contribution is 2.20. The van der Waals surface area contributed by atoms with Crippen molar-refractivity contribution in [1.29, 1.82) is 0 Å². The van der Waals surface area contributed by atoms with Crippen molar-refractivity contribution in [2.45, 2.75) is 19.8 Å². The fourth-order valence-corrected chi connectivity index (χ4v) is 2.73. The van der Waals surface area contributed by atoms with Gasteiger partial charge in [-0.05, 0) is 35.0 Å². The molecule has 0 fully saturated rings. The van der Waals surface area contributed by atoms with Crippen LogP contribution in [0, 0.1) is 0 Å². The second-order valence-corrected chi connectivity index (χ2v) is 5.35. The Balaban J connectivity index is 2.10. The number of thiophene rings is 1. The molecule has 0 saturated heterocycles. The fourth-order valence-electron chi connectivity index (χ4n) is 1.28. The molecule has 1 rings (SSSR count). The third kappa shape index (κ3) is 5.63. The third-order valence-corrected chi connectivity index (χ3v) is 3.85. The second kappa shape index (κ2) is 7.81. The van der Waals surface area contributed by atoms with Gasteiger partial charge in [0.25, 0.3) is 0 Å². The molecule has 0 aromatic carbocycles. The Morgan fingerprint density at radius 3 is 2.94 bits per heavy atom. The molecule has 0 aliphatic heterocycles. The van der Waals surface area contributed by atoms with E-state index in [2.05, 4.69) is 39.6 Å². The van der Waals surface area contributed by atoms with Gasteiger partial charge in [-0.25, -0.2) is 0 Å². The van der Waals surface area contributed by atoms with E-state index in [9.17, 15) is 4.79 Å². The Morgan fingerprint density at radius 2 is 2.31 bits per heavy atom. The number of nitrogens with one attached hydrogen (secondary N) is 2. The van der Waals surface area contributed by atoms with Gasteiger partial charge in [0.1, 0.15) is 0 Å². The van der Waals surface area contributed by atoms with Crippen LogP contribution in [0.25, 0.3) is 0 Å². The minimum absolute atomic E-state index is 0.127. The SMILES string of the molecule is CCNCCNC(=O)CCc1cc(Br)cs1. The van der Waals surface area contributed by atoms with Crippen molar-refractivity contribution >= 4 is 33.2 Å². The maximum absolute atomic E-state index is 11.4. The first-order chi connectivity index (χ1) is 7.72. The molecule has 1 amide bonds. The molecule has 0 unspecified atom stereocenters. The lowest BCUT2D eigenvalue weighted by atomic mass is 10.2. The van der Waals surface area contributed by atoms with Crippen LogP contribution >= 0.6 is 27.3 Å². The number of rotatable bonds is 7. The van der Waals surface area contributed by atoms with E-state index in [1.807, 2.05) is 5.38 Å². The third-order valence-electron chi connectivity index (χ3n) is 2.09. The van der Waals surface area contributed by atoms with Crippen LogP contribution in [0.15, 0.2) is 15.9 Å². The first-order valence-corrected chi connectivity index (χ1v) is 7.10. The van der Waals surface area contributed by atoms with Gasteiger partial charge in [0.05, 0.1) is 0 Å². The van der Waals surface area contributed by atoms with E-state index in [-0.39, 0.29) is 5.91 Å². The van der Waals surface area contributed by atoms with Gasteiger partial charge in [0, 0.05) is 34.2 Å². The zero-order valence-corrected chi connectivity index (χ0v) is 11.8. The van der Waals surface area contributed by atoms with Gasteiger partial charge in [-0.2, -0.15) is 0 Å². The fraction of sp³-hybridized carbons (Fsp3) is 0.545. The highest BCUT2D eigenvalue weighted by molar-refractivity contribution is 9.10. The van der Waals surface area contributed by atoms with Crippen molar-refractivity contribution < 1.29 is 4.79 Å². The van der Waals surface area contributed by atoms with Gasteiger partial charge in [-0.1, -0.05) is 6.92 Å². The number of amides is 1. The van der Waals surface area contributed by atoms with Gasteiger partial charge in [0.2, 0.25) is 5.91 Å². The molecule has 1 heterocycles. The number of likely N-dealkylation sites (N-methyl/N-ethyl adjacent to an activating group) is 1. The summed E-state index contributed by atoms with van der Waals surface area (Å²) in [5.41, 5.74) is 0. The predicted octanol–water partition coefficient (Wildman–Crippen LogP) is 2.17. The Kier molecular flexibility index (Phi) is 6.68. The lowest BCUT2D eigenvalue weighted by Crippen LogP contribution is -2.31. The van der Waals surface area contributed by atoms with E-state index in [0.29, 0.717) is 13.0 Å². The van der Waals surface area contributed by atoms with E-state index in [4.69, 9.17) is 0 Å². The molecule has 0 radical (unpaired) electrons. The monoisotopic (exact) mass is 304 g/mol. The van der Waals surface area contributed by atoms with Crippen molar-refractivity contribution in [2.24, 2.45) is 0 Å². The molecule has 0 bridgehead atoms. The van der Waals surface area contributed by atoms with Crippen LogP contribution in [0.5, 0.6) is 0 Å². The quantitative estimate of drug-likeness (QED) is 0.758. The van der Waals surface area contributed by atoms with Crippen molar-refractivity contribution in [3.05, 3.63) is 20.8 Å². The summed E-state index contributed by atoms with van der Waals surface area (Å²) < 4.78 is 1.10. The highest BCUT2D eigenvalue weighted by atomic mass is 79.9. The van der Waals surface area contributed by atoms with Gasteiger partial charge < -0.3 is 10.6 Å². The lowest BCUT2D eigenvalue weighted by Gasteiger charge is -2.04. The summed E-state index contributed by atoms with van der Waals surface area (Å²) >= 11 is 5.08. The average molecular weight is 305 g/mol. The molecule has 90 valence electrons. The number of carbonyl (C=O) groups excluding carboxylic acids is 1. The Bertz CT molecular complexity index is 328. The molecule has 16 heavy (non-hydrogen) atoms. The molecule has 0 atom stereocenters. The Labute approximate surface area is 109 Å². The zero-order chi connectivity index (χ0) is 11.8. The van der Waals surface area contributed by atoms with Crippen LogP contribution in [-0.4, -0.2) is 25.5 Å². The van der Waals surface area contributed by atoms with E-state index in [1.165, 1.54) is 4.88 Å². The first kappa shape index (κ1) is 13.7. The highest BCUT2D eigenvalue weighted by Gasteiger charge is 2.03. The van der Waals surface area contributed by atoms with Crippen molar-refractivity contribution in [1.82, 2.24) is 10.6 Å². The number of aryl methyl sites for hydroxylation is 1. The summed E-state index contributed by atoms with van der Waals surface area (Å²) in [5, 5.41) is 8.09. The van der Waals surface area contributed by atoms with Crippen LogP contribution in [0.1, 0.15) is 18.2 Å². The number of carbonyl (C=O) groups is 1. The van der Waals surface area contributed by atoms with Gasteiger partial charge >= 0.3 is 0 Å². The maximum atomic E-state index is 11.4. The summed E-state index contributed by atoms with van der Waals surface area (Å²) in [6.07, 6.45) is 1.39. The molecule has 0 saturated carbocycles. The molecule has 2 N–H and O–H groups in total. The van der Waals surface area contributed by atoms with Crippen LogP contribution in [0.2, 0.25) is 0 Å². The Morgan fingerprint density at radius 1 is 1.50 bits per heavy atom. The smallest absolute Gasteiger partial charge is 0.220 e. The summed E-state index contributed by atoms with van der Waals surface area (Å²) in [6, 6.07) is 2.07. The first-order valence-electron chi connectivity index (χ1n) is 5.42. The molecule has 1 aromatic heterocycles. The average Bonchev–Trinajstić information content (AvgIpc) is 2.68. The maximum Gasteiger partial charge on any atom is 0.220 e. The van der Waals surface area contributed by atoms with Crippen LogP contribution in [-0.2, 0) is 11.2 Å². The predicted molar refractivity (Wildman–Crippen MR) is 71.9 cm³/mol. The summed E-state index contributed by atoms with van der Waals surface area (Å²) in [6.45, 7) is 4.54. The summed E-state index contributed by atoms with van der Waals surface area (Å²) in [4.78, 5) is 12.7. The van der Waals surface area contributed by atoms with Crippen molar-refractivity contribution in [2.75, 3.05) is 19.6 Å². The molecule has 1 aromatic rings. The van der Waals surface area contributed by atoms with Gasteiger partial charge in [-0.15, -0.1) is 11.3 Å². The molecular formula is C11H17BrN2OS. The minimum Gasteiger partial charge on any atom is -0.355 e. The second-order valence-electron chi connectivity index (χ2n) is 3.43. The summed E-state index contributed by atoms with van der Waals surface area (Å²) in [5.74, 6) is 0.127. The largest absolute Gasteiger partial charge is 0.355 e. The topological polar surface area (TPSA) is 41.1 Å². The van der Waals surface area contributed by atoms with Gasteiger partial charge in [0.15, 0.2) is 0 Å². The van der Waals surface area contributed by atoms with E-state index < -0.39 is 0 Å². The van der Waals surface area contributed by atoms with Crippen molar-refractivity contribution in [3.63, 3.8) is 0 Å². The number of hydrogen-bond donors (Lipinski definition) is 2. The molecule has 0 aliphatic carbocycles. The van der Waals surface area contributed by atoms with Crippen LogP contribution in [0.3, 0.4) is 0 Å². The molecular weight excluding hydrogens is 288 g/mol. The van der Waals surface area contributed by atoms with E-state index in [0.717, 1.165) is 24.0 Å². The summed E-state index contributed by atoms with van der Waals surface area (Å²) in [7, 11) is 0. The minimum atomic E-state index is 0.127. The standard InChI is InChI=1S/C11H17BrN2OS/c1-2-13-5-6-14-11(15)4-3-10-7-9(12)8-16-10/h7-8,13H,2-6H2,1H3,(H,14,15). The Hall–Kier alpha value is -0.390. The molecule has 3 nitrogen and oxygen atoms in total. The molecule has 5 heteroatoms. The zero-order valence-electron chi connectivity index (χ0n) is 9.38. The van der Waals surface area contributed by atoms with Crippen LogP contribution in [0.4, 0.5) is 0 Å². The van der Waals surface area contributed by atoms with E-state index in [1.54, 1.807) is 11.3 Å². The molecule has 0 spiro atoms. The number of hydrogen-bond acceptors (Lipinski definition) is 3. The number of halogens is 1. The molecule has 0 aliphatic rings. The normalized spacial score (nSPS) is 10.4. The lowest BCUT2D eigenvalue weighted by molar-refractivity contribution is -0.121. The van der Waals surface area contributed by atoms with Crippen LogP contribution < -0.4 is 10.6 Å². The van der Waals surface area contributed by atoms with Gasteiger partial charge in [-0.3, -0.25) is 4.79 Å². The van der Waals surface area contributed by atoms with Crippen molar-refractivity contribution in [3.8, 4) is 0 Å². The van der Waals surface area contributed by atoms with E-state index >= 15 is 0 Å².